The highest BCUT2D eigenvalue weighted by atomic mass is 32.2. The second-order valence-corrected chi connectivity index (χ2v) is 9.21. The molecule has 1 aromatic rings. The van der Waals surface area contributed by atoms with Gasteiger partial charge in [-0.05, 0) is 37.8 Å². The third-order valence-corrected chi connectivity index (χ3v) is 4.90. The van der Waals surface area contributed by atoms with Crippen molar-refractivity contribution in [3.05, 3.63) is 18.2 Å². The molecule has 6 heteroatoms. The maximum Gasteiger partial charge on any atom is 0.241 e. The molecule has 0 saturated heterocycles. The van der Waals surface area contributed by atoms with E-state index >= 15 is 0 Å². The molecule has 0 atom stereocenters. The van der Waals surface area contributed by atoms with Gasteiger partial charge in [-0.15, -0.1) is 0 Å². The van der Waals surface area contributed by atoms with Gasteiger partial charge in [0, 0.05) is 11.6 Å². The van der Waals surface area contributed by atoms with Gasteiger partial charge in [-0.1, -0.05) is 20.8 Å². The average Bonchev–Trinajstić information content (AvgIpc) is 2.33. The van der Waals surface area contributed by atoms with Crippen LogP contribution in [0.25, 0.3) is 0 Å². The fraction of sp³-hybridized carbons (Fsp3) is 0.625. The van der Waals surface area contributed by atoms with E-state index < -0.39 is 15.6 Å². The van der Waals surface area contributed by atoms with Crippen LogP contribution in [0.3, 0.4) is 0 Å². The SMILES string of the molecule is CC(C)(C)CC(C)(C)NS(=O)(=O)c1ccc2c(c1)OCCO2. The number of rotatable bonds is 4. The summed E-state index contributed by atoms with van der Waals surface area (Å²) in [6.07, 6.45) is 0.726. The van der Waals surface area contributed by atoms with Gasteiger partial charge in [0.15, 0.2) is 11.5 Å². The number of hydrogen-bond donors (Lipinski definition) is 1. The van der Waals surface area contributed by atoms with Crippen molar-refractivity contribution in [3.8, 4) is 11.5 Å². The first kappa shape index (κ1) is 17.1. The zero-order valence-electron chi connectivity index (χ0n) is 13.9. The molecule has 124 valence electrons. The molecule has 0 aromatic heterocycles. The highest BCUT2D eigenvalue weighted by Crippen LogP contribution is 2.33. The minimum absolute atomic E-state index is 0.0266. The van der Waals surface area contributed by atoms with Gasteiger partial charge < -0.3 is 9.47 Å². The summed E-state index contributed by atoms with van der Waals surface area (Å²) >= 11 is 0. The molecule has 1 N–H and O–H groups in total. The van der Waals surface area contributed by atoms with E-state index in [-0.39, 0.29) is 10.3 Å². The monoisotopic (exact) mass is 327 g/mol. The van der Waals surface area contributed by atoms with Gasteiger partial charge in [0.1, 0.15) is 13.2 Å². The van der Waals surface area contributed by atoms with Crippen LogP contribution in [0, 0.1) is 5.41 Å². The summed E-state index contributed by atoms with van der Waals surface area (Å²) in [6.45, 7) is 11.0. The fourth-order valence-corrected chi connectivity index (χ4v) is 4.40. The Morgan fingerprint density at radius 2 is 1.64 bits per heavy atom. The number of fused-ring (bicyclic) bond motifs is 1. The highest BCUT2D eigenvalue weighted by Gasteiger charge is 2.31. The van der Waals surface area contributed by atoms with Crippen molar-refractivity contribution >= 4 is 10.0 Å². The molecule has 1 aliphatic rings. The quantitative estimate of drug-likeness (QED) is 0.923. The molecule has 0 radical (unpaired) electrons. The first-order valence-corrected chi connectivity index (χ1v) is 8.91. The van der Waals surface area contributed by atoms with Crippen molar-refractivity contribution in [2.24, 2.45) is 5.41 Å². The Morgan fingerprint density at radius 3 is 2.23 bits per heavy atom. The van der Waals surface area contributed by atoms with Crippen molar-refractivity contribution < 1.29 is 17.9 Å². The molecule has 0 bridgehead atoms. The van der Waals surface area contributed by atoms with E-state index in [2.05, 4.69) is 25.5 Å². The first-order chi connectivity index (χ1) is 9.99. The number of hydrogen-bond acceptors (Lipinski definition) is 4. The minimum atomic E-state index is -3.61. The minimum Gasteiger partial charge on any atom is -0.486 e. The Labute approximate surface area is 133 Å². The predicted octanol–water partition coefficient (Wildman–Crippen LogP) is 2.95. The molecular formula is C16H25NO4S. The zero-order chi connectivity index (χ0) is 16.6. The molecular weight excluding hydrogens is 302 g/mol. The zero-order valence-corrected chi connectivity index (χ0v) is 14.7. The summed E-state index contributed by atoms with van der Waals surface area (Å²) in [7, 11) is -3.61. The highest BCUT2D eigenvalue weighted by molar-refractivity contribution is 7.89. The second-order valence-electron chi connectivity index (χ2n) is 7.53. The van der Waals surface area contributed by atoms with E-state index in [0.29, 0.717) is 24.7 Å². The lowest BCUT2D eigenvalue weighted by Crippen LogP contribution is -2.45. The summed E-state index contributed by atoms with van der Waals surface area (Å²) in [5.74, 6) is 1.06. The van der Waals surface area contributed by atoms with Gasteiger partial charge in [0.05, 0.1) is 4.90 Å². The maximum atomic E-state index is 12.6. The number of ether oxygens (including phenoxy) is 2. The third-order valence-electron chi connectivity index (χ3n) is 3.21. The summed E-state index contributed by atoms with van der Waals surface area (Å²) in [5.41, 5.74) is -0.511. The van der Waals surface area contributed by atoms with E-state index in [1.54, 1.807) is 12.1 Å². The van der Waals surface area contributed by atoms with Crippen LogP contribution in [0.1, 0.15) is 41.0 Å². The molecule has 1 heterocycles. The molecule has 1 aliphatic heterocycles. The van der Waals surface area contributed by atoms with Crippen molar-refractivity contribution in [2.75, 3.05) is 13.2 Å². The standard InChI is InChI=1S/C16H25NO4S/c1-15(2,3)11-16(4,5)17-22(18,19)12-6-7-13-14(10-12)21-9-8-20-13/h6-7,10,17H,8-9,11H2,1-5H3. The van der Waals surface area contributed by atoms with Gasteiger partial charge in [-0.2, -0.15) is 0 Å². The van der Waals surface area contributed by atoms with Crippen LogP contribution in [0.5, 0.6) is 11.5 Å². The number of nitrogens with one attached hydrogen (secondary N) is 1. The van der Waals surface area contributed by atoms with Gasteiger partial charge in [0.25, 0.3) is 0 Å². The van der Waals surface area contributed by atoms with Gasteiger partial charge >= 0.3 is 0 Å². The van der Waals surface area contributed by atoms with Crippen molar-refractivity contribution in [2.45, 2.75) is 51.5 Å². The van der Waals surface area contributed by atoms with E-state index in [0.717, 1.165) is 6.42 Å². The summed E-state index contributed by atoms with van der Waals surface area (Å²) < 4.78 is 38.9. The second kappa shape index (κ2) is 5.74. The van der Waals surface area contributed by atoms with Crippen molar-refractivity contribution in [1.29, 1.82) is 0 Å². The lowest BCUT2D eigenvalue weighted by atomic mass is 9.82. The number of sulfonamides is 1. The van der Waals surface area contributed by atoms with Crippen LogP contribution >= 0.6 is 0 Å². The van der Waals surface area contributed by atoms with Gasteiger partial charge in [-0.3, -0.25) is 0 Å². The van der Waals surface area contributed by atoms with Crippen molar-refractivity contribution in [3.63, 3.8) is 0 Å². The predicted molar refractivity (Wildman–Crippen MR) is 85.9 cm³/mol. The molecule has 1 aromatic carbocycles. The molecule has 0 saturated carbocycles. The Balaban J connectivity index is 2.23. The van der Waals surface area contributed by atoms with Crippen LogP contribution in [0.4, 0.5) is 0 Å². The van der Waals surface area contributed by atoms with Crippen molar-refractivity contribution in [1.82, 2.24) is 4.72 Å². The van der Waals surface area contributed by atoms with Crippen LogP contribution in [-0.4, -0.2) is 27.2 Å². The smallest absolute Gasteiger partial charge is 0.241 e. The molecule has 0 fully saturated rings. The molecule has 0 spiro atoms. The first-order valence-electron chi connectivity index (χ1n) is 7.42. The fourth-order valence-electron chi connectivity index (χ4n) is 2.98. The van der Waals surface area contributed by atoms with Crippen LogP contribution in [0.15, 0.2) is 23.1 Å². The Kier molecular flexibility index (Phi) is 4.46. The van der Waals surface area contributed by atoms with Crippen LogP contribution in [0.2, 0.25) is 0 Å². The lowest BCUT2D eigenvalue weighted by molar-refractivity contribution is 0.171. The van der Waals surface area contributed by atoms with Crippen LogP contribution < -0.4 is 14.2 Å². The third kappa shape index (κ3) is 4.36. The lowest BCUT2D eigenvalue weighted by Gasteiger charge is -2.33. The summed E-state index contributed by atoms with van der Waals surface area (Å²) in [4.78, 5) is 0.193. The summed E-state index contributed by atoms with van der Waals surface area (Å²) in [5, 5.41) is 0. The van der Waals surface area contributed by atoms with E-state index in [9.17, 15) is 8.42 Å². The van der Waals surface area contributed by atoms with E-state index in [4.69, 9.17) is 9.47 Å². The Bertz CT molecular complexity index is 645. The Morgan fingerprint density at radius 1 is 1.05 bits per heavy atom. The molecule has 0 aliphatic carbocycles. The van der Waals surface area contributed by atoms with E-state index in [1.165, 1.54) is 6.07 Å². The number of benzene rings is 1. The largest absolute Gasteiger partial charge is 0.486 e. The van der Waals surface area contributed by atoms with Crippen LogP contribution in [-0.2, 0) is 10.0 Å². The summed E-state index contributed by atoms with van der Waals surface area (Å²) in [6, 6.07) is 4.70. The molecule has 2 rings (SSSR count). The Hall–Kier alpha value is -1.27. The maximum absolute atomic E-state index is 12.6. The van der Waals surface area contributed by atoms with E-state index in [1.807, 2.05) is 13.8 Å². The van der Waals surface area contributed by atoms with Gasteiger partial charge in [-0.25, -0.2) is 13.1 Å². The average molecular weight is 327 g/mol. The molecule has 22 heavy (non-hydrogen) atoms. The molecule has 0 unspecified atom stereocenters. The molecule has 0 amide bonds. The molecule has 5 nitrogen and oxygen atoms in total. The van der Waals surface area contributed by atoms with Gasteiger partial charge in [0.2, 0.25) is 10.0 Å². The normalized spacial score (nSPS) is 15.7. The topological polar surface area (TPSA) is 64.6 Å².